The molecule has 1 saturated carbocycles. The van der Waals surface area contributed by atoms with Crippen LogP contribution in [0, 0.1) is 23.7 Å². The molecule has 0 spiro atoms. The van der Waals surface area contributed by atoms with E-state index in [1.165, 1.54) is 6.92 Å². The molecule has 0 unspecified atom stereocenters. The summed E-state index contributed by atoms with van der Waals surface area (Å²) in [6.07, 6.45) is 4.47. The molecule has 0 radical (unpaired) electrons. The lowest BCUT2D eigenvalue weighted by Crippen LogP contribution is -2.42. The zero-order valence-electron chi connectivity index (χ0n) is 12.6. The summed E-state index contributed by atoms with van der Waals surface area (Å²) >= 11 is 0. The van der Waals surface area contributed by atoms with Gasteiger partial charge < -0.3 is 20.5 Å². The van der Waals surface area contributed by atoms with E-state index < -0.39 is 17.8 Å². The predicted molar refractivity (Wildman–Crippen MR) is 82.1 cm³/mol. The standard InChI is InChI=1S/C17H18N2O4/c1-9(20)18-12-3-2-4-13(8-12)19-16(21)14-10-5-6-11(7-10)15(14)17(22)23/h2-6,8,10-11,14-15H,7H2,1H3,(H,18,20)(H,19,21)(H,22,23)/p-1/t10-,11+,14-,15+/m1/s1. The normalized spacial score (nSPS) is 27.7. The highest BCUT2D eigenvalue weighted by molar-refractivity contribution is 5.97. The average Bonchev–Trinajstić information content (AvgIpc) is 3.07. The Bertz CT molecular complexity index is 698. The van der Waals surface area contributed by atoms with Crippen molar-refractivity contribution in [1.82, 2.24) is 0 Å². The van der Waals surface area contributed by atoms with Crippen LogP contribution in [0.2, 0.25) is 0 Å². The third-order valence-corrected chi connectivity index (χ3v) is 4.48. The number of nitrogens with one attached hydrogen (secondary N) is 2. The predicted octanol–water partition coefficient (Wildman–Crippen LogP) is 0.772. The first kappa shape index (κ1) is 15.3. The van der Waals surface area contributed by atoms with E-state index in [1.54, 1.807) is 24.3 Å². The van der Waals surface area contributed by atoms with Gasteiger partial charge >= 0.3 is 0 Å². The summed E-state index contributed by atoms with van der Waals surface area (Å²) in [6, 6.07) is 6.75. The molecule has 23 heavy (non-hydrogen) atoms. The Balaban J connectivity index is 1.75. The largest absolute Gasteiger partial charge is 0.550 e. The van der Waals surface area contributed by atoms with Crippen LogP contribution in [-0.4, -0.2) is 17.8 Å². The van der Waals surface area contributed by atoms with Crippen molar-refractivity contribution in [3.8, 4) is 0 Å². The molecule has 1 aromatic carbocycles. The Labute approximate surface area is 133 Å². The summed E-state index contributed by atoms with van der Waals surface area (Å²) in [7, 11) is 0. The highest BCUT2D eigenvalue weighted by atomic mass is 16.4. The second-order valence-electron chi connectivity index (χ2n) is 6.07. The van der Waals surface area contributed by atoms with Gasteiger partial charge in [0.05, 0.1) is 5.92 Å². The molecule has 3 rings (SSSR count). The van der Waals surface area contributed by atoms with Crippen LogP contribution >= 0.6 is 0 Å². The van der Waals surface area contributed by atoms with Crippen molar-refractivity contribution < 1.29 is 19.5 Å². The van der Waals surface area contributed by atoms with Gasteiger partial charge in [0.15, 0.2) is 0 Å². The minimum Gasteiger partial charge on any atom is -0.550 e. The van der Waals surface area contributed by atoms with Crippen molar-refractivity contribution in [1.29, 1.82) is 0 Å². The van der Waals surface area contributed by atoms with Crippen molar-refractivity contribution in [2.24, 2.45) is 23.7 Å². The first-order chi connectivity index (χ1) is 11.0. The molecule has 2 aliphatic carbocycles. The minimum absolute atomic E-state index is 0.0542. The summed E-state index contributed by atoms with van der Waals surface area (Å²) in [6.45, 7) is 1.40. The fourth-order valence-electron chi connectivity index (χ4n) is 3.60. The molecule has 0 aliphatic heterocycles. The van der Waals surface area contributed by atoms with Gasteiger partial charge in [-0.25, -0.2) is 0 Å². The zero-order valence-corrected chi connectivity index (χ0v) is 12.6. The lowest BCUT2D eigenvalue weighted by atomic mass is 9.82. The molecule has 6 heteroatoms. The van der Waals surface area contributed by atoms with E-state index in [2.05, 4.69) is 10.6 Å². The Morgan fingerprint density at radius 2 is 1.65 bits per heavy atom. The Morgan fingerprint density at radius 1 is 1.04 bits per heavy atom. The summed E-state index contributed by atoms with van der Waals surface area (Å²) in [4.78, 5) is 35.0. The second-order valence-corrected chi connectivity index (χ2v) is 6.07. The molecule has 120 valence electrons. The Hall–Kier alpha value is -2.63. The van der Waals surface area contributed by atoms with Crippen LogP contribution in [0.25, 0.3) is 0 Å². The number of rotatable bonds is 4. The summed E-state index contributed by atoms with van der Waals surface area (Å²) in [5, 5.41) is 16.8. The van der Waals surface area contributed by atoms with Crippen molar-refractivity contribution in [3.63, 3.8) is 0 Å². The number of allylic oxidation sites excluding steroid dienone is 2. The number of carboxylic acid groups (broad SMARTS) is 1. The van der Waals surface area contributed by atoms with Crippen LogP contribution in [0.4, 0.5) is 11.4 Å². The molecular formula is C17H17N2O4-. The quantitative estimate of drug-likeness (QED) is 0.802. The SMILES string of the molecule is CC(=O)Nc1cccc(NC(=O)[C@H]2[C@@H](C(=O)[O-])[C@H]3C=C[C@@H]2C3)c1. The maximum absolute atomic E-state index is 12.5. The lowest BCUT2D eigenvalue weighted by molar-refractivity contribution is -0.313. The zero-order chi connectivity index (χ0) is 16.6. The van der Waals surface area contributed by atoms with Crippen LogP contribution < -0.4 is 15.7 Å². The van der Waals surface area contributed by atoms with Crippen LogP contribution in [0.5, 0.6) is 0 Å². The monoisotopic (exact) mass is 313 g/mol. The maximum Gasteiger partial charge on any atom is 0.228 e. The molecule has 4 atom stereocenters. The molecule has 0 saturated heterocycles. The van der Waals surface area contributed by atoms with Gasteiger partial charge in [-0.2, -0.15) is 0 Å². The van der Waals surface area contributed by atoms with Gasteiger partial charge in [-0.3, -0.25) is 9.59 Å². The molecular weight excluding hydrogens is 296 g/mol. The number of amides is 2. The van der Waals surface area contributed by atoms with Gasteiger partial charge in [0.1, 0.15) is 0 Å². The third kappa shape index (κ3) is 2.97. The molecule has 2 bridgehead atoms. The minimum atomic E-state index is -1.17. The number of hydrogen-bond acceptors (Lipinski definition) is 4. The fraction of sp³-hybridized carbons (Fsp3) is 0.353. The van der Waals surface area contributed by atoms with E-state index in [0.29, 0.717) is 17.8 Å². The van der Waals surface area contributed by atoms with E-state index in [4.69, 9.17) is 0 Å². The molecule has 0 aromatic heterocycles. The van der Waals surface area contributed by atoms with E-state index in [0.717, 1.165) is 0 Å². The molecule has 1 aromatic rings. The van der Waals surface area contributed by atoms with Crippen LogP contribution in [0.3, 0.4) is 0 Å². The summed E-state index contributed by atoms with van der Waals surface area (Å²) in [5.74, 6) is -3.26. The number of carbonyl (C=O) groups is 3. The van der Waals surface area contributed by atoms with Gasteiger partial charge in [-0.05, 0) is 36.5 Å². The molecule has 2 amide bonds. The first-order valence-electron chi connectivity index (χ1n) is 7.53. The topological polar surface area (TPSA) is 98.3 Å². The van der Waals surface area contributed by atoms with Crippen molar-refractivity contribution >= 4 is 29.2 Å². The number of carboxylic acids is 1. The van der Waals surface area contributed by atoms with Crippen LogP contribution in [-0.2, 0) is 14.4 Å². The average molecular weight is 313 g/mol. The van der Waals surface area contributed by atoms with Crippen molar-refractivity contribution in [3.05, 3.63) is 36.4 Å². The van der Waals surface area contributed by atoms with E-state index in [9.17, 15) is 19.5 Å². The molecule has 2 N–H and O–H groups in total. The van der Waals surface area contributed by atoms with Gasteiger partial charge in [0, 0.05) is 30.2 Å². The molecule has 1 fully saturated rings. The molecule has 2 aliphatic rings. The van der Waals surface area contributed by atoms with Crippen molar-refractivity contribution in [2.45, 2.75) is 13.3 Å². The highest BCUT2D eigenvalue weighted by Gasteiger charge is 2.48. The summed E-state index contributed by atoms with van der Waals surface area (Å²) in [5.41, 5.74) is 1.09. The Kier molecular flexibility index (Phi) is 3.90. The van der Waals surface area contributed by atoms with E-state index in [-0.39, 0.29) is 23.7 Å². The van der Waals surface area contributed by atoms with Crippen LogP contribution in [0.15, 0.2) is 36.4 Å². The van der Waals surface area contributed by atoms with Crippen LogP contribution in [0.1, 0.15) is 13.3 Å². The van der Waals surface area contributed by atoms with E-state index in [1.807, 2.05) is 12.2 Å². The molecule has 6 nitrogen and oxygen atoms in total. The van der Waals surface area contributed by atoms with Gasteiger partial charge in [-0.1, -0.05) is 18.2 Å². The van der Waals surface area contributed by atoms with Crippen molar-refractivity contribution in [2.75, 3.05) is 10.6 Å². The smallest absolute Gasteiger partial charge is 0.228 e. The summed E-state index contributed by atoms with van der Waals surface area (Å²) < 4.78 is 0. The maximum atomic E-state index is 12.5. The number of aliphatic carboxylic acids is 1. The van der Waals surface area contributed by atoms with Gasteiger partial charge in [0.25, 0.3) is 0 Å². The number of benzene rings is 1. The second kappa shape index (κ2) is 5.87. The number of carbonyl (C=O) groups excluding carboxylic acids is 3. The molecule has 0 heterocycles. The van der Waals surface area contributed by atoms with E-state index >= 15 is 0 Å². The Morgan fingerprint density at radius 3 is 2.26 bits per heavy atom. The first-order valence-corrected chi connectivity index (χ1v) is 7.53. The third-order valence-electron chi connectivity index (χ3n) is 4.48. The number of anilines is 2. The van der Waals surface area contributed by atoms with Gasteiger partial charge in [0.2, 0.25) is 11.8 Å². The lowest BCUT2D eigenvalue weighted by Gasteiger charge is -2.27. The number of fused-ring (bicyclic) bond motifs is 2. The fourth-order valence-corrected chi connectivity index (χ4v) is 3.60. The number of hydrogen-bond donors (Lipinski definition) is 2. The highest BCUT2D eigenvalue weighted by Crippen LogP contribution is 2.48. The van der Waals surface area contributed by atoms with Gasteiger partial charge in [-0.15, -0.1) is 0 Å².